The fraction of sp³-hybridized carbons (Fsp3) is 0.462. The Balaban J connectivity index is 0.00000256. The van der Waals surface area contributed by atoms with E-state index >= 15 is 0 Å². The van der Waals surface area contributed by atoms with E-state index in [4.69, 9.17) is 5.73 Å². The predicted molar refractivity (Wildman–Crippen MR) is 74.6 cm³/mol. The van der Waals surface area contributed by atoms with E-state index in [1.165, 1.54) is 5.56 Å². The first-order valence-electron chi connectivity index (χ1n) is 5.45. The summed E-state index contributed by atoms with van der Waals surface area (Å²) < 4.78 is 0. The molecule has 17 heavy (non-hydrogen) atoms. The number of hydrogen-bond donors (Lipinski definition) is 2. The van der Waals surface area contributed by atoms with Crippen LogP contribution in [-0.2, 0) is 4.79 Å². The highest BCUT2D eigenvalue weighted by Crippen LogP contribution is 2.20. The maximum atomic E-state index is 11.9. The largest absolute Gasteiger partial charge is 0.329 e. The first kappa shape index (κ1) is 15.9. The fourth-order valence-corrected chi connectivity index (χ4v) is 1.34. The first-order chi connectivity index (χ1) is 7.36. The molecule has 4 heteroatoms. The Morgan fingerprint density at radius 2 is 1.94 bits per heavy atom. The lowest BCUT2D eigenvalue weighted by molar-refractivity contribution is -0.123. The van der Waals surface area contributed by atoms with Gasteiger partial charge in [0.25, 0.3) is 0 Å². The number of aryl methyl sites for hydroxylation is 2. The van der Waals surface area contributed by atoms with Gasteiger partial charge in [0.1, 0.15) is 0 Å². The molecule has 0 aromatic heterocycles. The van der Waals surface area contributed by atoms with Crippen LogP contribution in [0.3, 0.4) is 0 Å². The van der Waals surface area contributed by atoms with Crippen LogP contribution < -0.4 is 11.1 Å². The summed E-state index contributed by atoms with van der Waals surface area (Å²) in [6, 6.07) is 5.96. The molecule has 96 valence electrons. The maximum Gasteiger partial charge on any atom is 0.231 e. The van der Waals surface area contributed by atoms with Crippen molar-refractivity contribution in [2.75, 3.05) is 11.9 Å². The quantitative estimate of drug-likeness (QED) is 0.874. The van der Waals surface area contributed by atoms with Crippen molar-refractivity contribution in [3.63, 3.8) is 0 Å². The zero-order valence-corrected chi connectivity index (χ0v) is 11.6. The van der Waals surface area contributed by atoms with Crippen molar-refractivity contribution in [1.82, 2.24) is 0 Å². The molecule has 0 aliphatic heterocycles. The van der Waals surface area contributed by atoms with Gasteiger partial charge in [-0.15, -0.1) is 12.4 Å². The third kappa shape index (κ3) is 4.02. The van der Waals surface area contributed by atoms with Crippen LogP contribution in [-0.4, -0.2) is 12.5 Å². The molecule has 0 atom stereocenters. The van der Waals surface area contributed by atoms with Gasteiger partial charge in [-0.2, -0.15) is 0 Å². The van der Waals surface area contributed by atoms with Gasteiger partial charge in [0.2, 0.25) is 5.91 Å². The van der Waals surface area contributed by atoms with Gasteiger partial charge >= 0.3 is 0 Å². The highest BCUT2D eigenvalue weighted by molar-refractivity contribution is 5.95. The van der Waals surface area contributed by atoms with Crippen molar-refractivity contribution in [1.29, 1.82) is 0 Å². The van der Waals surface area contributed by atoms with E-state index in [0.29, 0.717) is 6.54 Å². The lowest BCUT2D eigenvalue weighted by Gasteiger charge is -2.22. The third-order valence-corrected chi connectivity index (χ3v) is 2.76. The zero-order valence-electron chi connectivity index (χ0n) is 10.8. The van der Waals surface area contributed by atoms with Gasteiger partial charge in [-0.05, 0) is 39.3 Å². The number of carbonyl (C=O) groups excluding carboxylic acids is 1. The van der Waals surface area contributed by atoms with E-state index in [0.717, 1.165) is 11.3 Å². The lowest BCUT2D eigenvalue weighted by atomic mass is 9.92. The van der Waals surface area contributed by atoms with Crippen molar-refractivity contribution >= 4 is 24.0 Å². The van der Waals surface area contributed by atoms with Crippen LogP contribution in [0.25, 0.3) is 0 Å². The molecule has 0 fully saturated rings. The molecule has 0 aliphatic carbocycles. The Morgan fingerprint density at radius 3 is 2.41 bits per heavy atom. The topological polar surface area (TPSA) is 55.1 Å². The molecular formula is C13H21ClN2O. The minimum atomic E-state index is -0.530. The Bertz CT molecular complexity index is 402. The summed E-state index contributed by atoms with van der Waals surface area (Å²) >= 11 is 0. The van der Waals surface area contributed by atoms with Crippen molar-refractivity contribution in [2.45, 2.75) is 27.7 Å². The SMILES string of the molecule is Cc1ccc(NC(=O)C(C)(C)CN)c(C)c1.Cl. The molecule has 1 aromatic rings. The van der Waals surface area contributed by atoms with Crippen molar-refractivity contribution in [2.24, 2.45) is 11.1 Å². The molecular weight excluding hydrogens is 236 g/mol. The summed E-state index contributed by atoms with van der Waals surface area (Å²) in [5.41, 5.74) is 8.15. The van der Waals surface area contributed by atoms with Gasteiger partial charge in [-0.25, -0.2) is 0 Å². The van der Waals surface area contributed by atoms with Crippen molar-refractivity contribution in [3.8, 4) is 0 Å². The second-order valence-corrected chi connectivity index (χ2v) is 4.86. The van der Waals surface area contributed by atoms with Gasteiger partial charge in [-0.1, -0.05) is 17.7 Å². The number of halogens is 1. The van der Waals surface area contributed by atoms with E-state index in [1.807, 2.05) is 45.9 Å². The van der Waals surface area contributed by atoms with Crippen LogP contribution in [0.2, 0.25) is 0 Å². The maximum absolute atomic E-state index is 11.9. The zero-order chi connectivity index (χ0) is 12.3. The summed E-state index contributed by atoms with van der Waals surface area (Å²) in [7, 11) is 0. The lowest BCUT2D eigenvalue weighted by Crippen LogP contribution is -2.37. The Hall–Kier alpha value is -1.06. The van der Waals surface area contributed by atoms with Gasteiger partial charge in [0.05, 0.1) is 5.41 Å². The summed E-state index contributed by atoms with van der Waals surface area (Å²) in [5.74, 6) is -0.0399. The molecule has 0 radical (unpaired) electrons. The van der Waals surface area contributed by atoms with E-state index < -0.39 is 5.41 Å². The number of benzene rings is 1. The molecule has 0 bridgehead atoms. The second-order valence-electron chi connectivity index (χ2n) is 4.86. The van der Waals surface area contributed by atoms with E-state index in [9.17, 15) is 4.79 Å². The number of carbonyl (C=O) groups is 1. The van der Waals surface area contributed by atoms with E-state index in [-0.39, 0.29) is 18.3 Å². The smallest absolute Gasteiger partial charge is 0.231 e. The molecule has 0 spiro atoms. The van der Waals surface area contributed by atoms with Crippen LogP contribution in [0, 0.1) is 19.3 Å². The van der Waals surface area contributed by atoms with Crippen LogP contribution in [0.15, 0.2) is 18.2 Å². The number of nitrogens with two attached hydrogens (primary N) is 1. The van der Waals surface area contributed by atoms with Gasteiger partial charge < -0.3 is 11.1 Å². The second kappa shape index (κ2) is 6.03. The van der Waals surface area contributed by atoms with E-state index in [1.54, 1.807) is 0 Å². The standard InChI is InChI=1S/C13H20N2O.ClH/c1-9-5-6-11(10(2)7-9)15-12(16)13(3,4)8-14;/h5-7H,8,14H2,1-4H3,(H,15,16);1H. The molecule has 1 amide bonds. The van der Waals surface area contributed by atoms with Crippen molar-refractivity contribution < 1.29 is 4.79 Å². The average molecular weight is 257 g/mol. The third-order valence-electron chi connectivity index (χ3n) is 2.76. The van der Waals surface area contributed by atoms with Crippen LogP contribution in [0.5, 0.6) is 0 Å². The number of hydrogen-bond acceptors (Lipinski definition) is 2. The minimum Gasteiger partial charge on any atom is -0.329 e. The summed E-state index contributed by atoms with van der Waals surface area (Å²) in [6.07, 6.45) is 0. The van der Waals surface area contributed by atoms with Gasteiger partial charge in [0, 0.05) is 12.2 Å². The number of rotatable bonds is 3. The van der Waals surface area contributed by atoms with Crippen molar-refractivity contribution in [3.05, 3.63) is 29.3 Å². The first-order valence-corrected chi connectivity index (χ1v) is 5.45. The Kier molecular flexibility index (Phi) is 5.66. The number of amides is 1. The van der Waals surface area contributed by atoms with E-state index in [2.05, 4.69) is 5.32 Å². The molecule has 1 aromatic carbocycles. The van der Waals surface area contributed by atoms with Gasteiger partial charge in [0.15, 0.2) is 0 Å². The normalized spacial score (nSPS) is 10.6. The highest BCUT2D eigenvalue weighted by Gasteiger charge is 2.25. The summed E-state index contributed by atoms with van der Waals surface area (Å²) in [6.45, 7) is 8.03. The Morgan fingerprint density at radius 1 is 1.35 bits per heavy atom. The van der Waals surface area contributed by atoms with Crippen LogP contribution in [0.4, 0.5) is 5.69 Å². The monoisotopic (exact) mass is 256 g/mol. The van der Waals surface area contributed by atoms with Gasteiger partial charge in [-0.3, -0.25) is 4.79 Å². The number of nitrogens with one attached hydrogen (secondary N) is 1. The van der Waals surface area contributed by atoms with Crippen LogP contribution in [0.1, 0.15) is 25.0 Å². The molecule has 0 heterocycles. The summed E-state index contributed by atoms with van der Waals surface area (Å²) in [4.78, 5) is 11.9. The fourth-order valence-electron chi connectivity index (χ4n) is 1.34. The average Bonchev–Trinajstić information content (AvgIpc) is 2.22. The highest BCUT2D eigenvalue weighted by atomic mass is 35.5. The molecule has 0 unspecified atom stereocenters. The minimum absolute atomic E-state index is 0. The molecule has 3 nitrogen and oxygen atoms in total. The van der Waals surface area contributed by atoms with Crippen LogP contribution >= 0.6 is 12.4 Å². The summed E-state index contributed by atoms with van der Waals surface area (Å²) in [5, 5.41) is 2.91. The predicted octanol–water partition coefficient (Wildman–Crippen LogP) is 2.65. The molecule has 0 aliphatic rings. The number of anilines is 1. The molecule has 0 saturated heterocycles. The molecule has 1 rings (SSSR count). The molecule has 0 saturated carbocycles. The Labute approximate surface area is 109 Å². The molecule has 3 N–H and O–H groups in total.